The molecule has 1 amide bonds. The lowest BCUT2D eigenvalue weighted by Gasteiger charge is -2.23. The predicted octanol–water partition coefficient (Wildman–Crippen LogP) is 2.47. The third-order valence-electron chi connectivity index (χ3n) is 3.18. The molecule has 4 nitrogen and oxygen atoms in total. The van der Waals surface area contributed by atoms with E-state index < -0.39 is 17.4 Å². The maximum Gasteiger partial charge on any atom is 0.326 e. The fourth-order valence-electron chi connectivity index (χ4n) is 2.34. The number of nitrogens with zero attached hydrogens (tertiary/aromatic N) is 1. The van der Waals surface area contributed by atoms with Gasteiger partial charge < -0.3 is 10.0 Å². The average molecular weight is 253 g/mol. The van der Waals surface area contributed by atoms with Crippen LogP contribution in [0.25, 0.3) is 0 Å². The number of allylic oxidation sites excluding steroid dienone is 2. The Balaban J connectivity index is 0.00000137. The van der Waals surface area contributed by atoms with Gasteiger partial charge in [-0.25, -0.2) is 4.79 Å². The molecule has 1 rings (SSSR count). The van der Waals surface area contributed by atoms with Gasteiger partial charge in [-0.15, -0.1) is 13.2 Å². The van der Waals surface area contributed by atoms with Crippen LogP contribution in [0.1, 0.15) is 33.1 Å². The lowest BCUT2D eigenvalue weighted by atomic mass is 9.78. The van der Waals surface area contributed by atoms with Gasteiger partial charge in [0.25, 0.3) is 0 Å². The van der Waals surface area contributed by atoms with Crippen molar-refractivity contribution in [2.75, 3.05) is 7.05 Å². The van der Waals surface area contributed by atoms with E-state index in [1.807, 2.05) is 13.8 Å². The number of aliphatic carboxylic acids is 1. The van der Waals surface area contributed by atoms with Crippen molar-refractivity contribution in [3.05, 3.63) is 25.3 Å². The van der Waals surface area contributed by atoms with Gasteiger partial charge in [0.2, 0.25) is 5.91 Å². The van der Waals surface area contributed by atoms with Gasteiger partial charge in [0.05, 0.1) is 5.41 Å². The summed E-state index contributed by atoms with van der Waals surface area (Å²) in [6.07, 6.45) is 4.65. The molecule has 1 fully saturated rings. The number of hydrogen-bond acceptors (Lipinski definition) is 2. The minimum absolute atomic E-state index is 0.125. The molecule has 102 valence electrons. The second-order valence-electron chi connectivity index (χ2n) is 4.24. The topological polar surface area (TPSA) is 57.6 Å². The smallest absolute Gasteiger partial charge is 0.326 e. The van der Waals surface area contributed by atoms with E-state index in [1.165, 1.54) is 11.9 Å². The lowest BCUT2D eigenvalue weighted by Crippen LogP contribution is -2.36. The molecule has 0 saturated carbocycles. The normalized spacial score (nSPS) is 20.9. The number of carboxylic acids is 1. The minimum Gasteiger partial charge on any atom is -0.480 e. The van der Waals surface area contributed by atoms with Crippen molar-refractivity contribution in [2.24, 2.45) is 5.41 Å². The summed E-state index contributed by atoms with van der Waals surface area (Å²) < 4.78 is 0. The van der Waals surface area contributed by atoms with Crippen LogP contribution in [-0.4, -0.2) is 35.0 Å². The molecule has 0 aliphatic carbocycles. The molecule has 1 aliphatic rings. The fourth-order valence-corrected chi connectivity index (χ4v) is 2.34. The van der Waals surface area contributed by atoms with Gasteiger partial charge in [-0.05, 0) is 19.3 Å². The summed E-state index contributed by atoms with van der Waals surface area (Å²) in [5.41, 5.74) is -0.651. The summed E-state index contributed by atoms with van der Waals surface area (Å²) in [5, 5.41) is 9.02. The van der Waals surface area contributed by atoms with Crippen molar-refractivity contribution in [3.63, 3.8) is 0 Å². The Labute approximate surface area is 109 Å². The van der Waals surface area contributed by atoms with Gasteiger partial charge in [-0.3, -0.25) is 4.79 Å². The van der Waals surface area contributed by atoms with Crippen molar-refractivity contribution in [1.29, 1.82) is 0 Å². The van der Waals surface area contributed by atoms with E-state index in [-0.39, 0.29) is 5.91 Å². The highest BCUT2D eigenvalue weighted by Gasteiger charge is 2.50. The molecule has 1 heterocycles. The highest BCUT2D eigenvalue weighted by Crippen LogP contribution is 2.42. The minimum atomic E-state index is -0.953. The predicted molar refractivity (Wildman–Crippen MR) is 72.2 cm³/mol. The lowest BCUT2D eigenvalue weighted by molar-refractivity contribution is -0.146. The third-order valence-corrected chi connectivity index (χ3v) is 3.18. The van der Waals surface area contributed by atoms with E-state index in [2.05, 4.69) is 13.2 Å². The molecule has 1 unspecified atom stereocenters. The molecular formula is C14H23NO3. The van der Waals surface area contributed by atoms with Crippen LogP contribution in [0, 0.1) is 5.41 Å². The van der Waals surface area contributed by atoms with Crippen LogP contribution in [0.15, 0.2) is 25.3 Å². The maximum atomic E-state index is 12.1. The Morgan fingerprint density at radius 2 is 1.89 bits per heavy atom. The van der Waals surface area contributed by atoms with Gasteiger partial charge in [-0.2, -0.15) is 0 Å². The van der Waals surface area contributed by atoms with Crippen molar-refractivity contribution in [3.8, 4) is 0 Å². The van der Waals surface area contributed by atoms with E-state index in [0.29, 0.717) is 19.3 Å². The van der Waals surface area contributed by atoms with E-state index in [1.54, 1.807) is 12.2 Å². The monoisotopic (exact) mass is 253 g/mol. The Bertz CT molecular complexity index is 326. The number of amides is 1. The first-order valence-corrected chi connectivity index (χ1v) is 6.20. The zero-order chi connectivity index (χ0) is 14.3. The molecule has 1 N–H and O–H groups in total. The summed E-state index contributed by atoms with van der Waals surface area (Å²) in [6, 6.07) is -0.729. The second kappa shape index (κ2) is 6.99. The summed E-state index contributed by atoms with van der Waals surface area (Å²) in [4.78, 5) is 24.4. The molecule has 0 aromatic carbocycles. The van der Waals surface area contributed by atoms with Crippen molar-refractivity contribution in [2.45, 2.75) is 39.2 Å². The van der Waals surface area contributed by atoms with Gasteiger partial charge in [0.1, 0.15) is 6.04 Å². The van der Waals surface area contributed by atoms with Crippen LogP contribution in [0.3, 0.4) is 0 Å². The SMILES string of the molecule is C=CCC1(CC=C)CC(C(=O)O)N(C)C1=O.CC. The third kappa shape index (κ3) is 3.00. The van der Waals surface area contributed by atoms with Crippen molar-refractivity contribution >= 4 is 11.9 Å². The molecule has 18 heavy (non-hydrogen) atoms. The quantitative estimate of drug-likeness (QED) is 0.766. The average Bonchev–Trinajstić information content (AvgIpc) is 2.59. The van der Waals surface area contributed by atoms with E-state index in [4.69, 9.17) is 5.11 Å². The zero-order valence-electron chi connectivity index (χ0n) is 11.5. The van der Waals surface area contributed by atoms with Crippen LogP contribution in [0.2, 0.25) is 0 Å². The summed E-state index contributed by atoms with van der Waals surface area (Å²) in [6.45, 7) is 11.3. The first-order valence-electron chi connectivity index (χ1n) is 6.20. The van der Waals surface area contributed by atoms with Crippen LogP contribution in [-0.2, 0) is 9.59 Å². The molecule has 1 aliphatic heterocycles. The summed E-state index contributed by atoms with van der Waals surface area (Å²) >= 11 is 0. The first kappa shape index (κ1) is 16.4. The van der Waals surface area contributed by atoms with Crippen LogP contribution in [0.4, 0.5) is 0 Å². The molecular weight excluding hydrogens is 230 g/mol. The number of hydrogen-bond donors (Lipinski definition) is 1. The zero-order valence-corrected chi connectivity index (χ0v) is 11.5. The van der Waals surface area contributed by atoms with Crippen molar-refractivity contribution < 1.29 is 14.7 Å². The molecule has 0 bridgehead atoms. The fraction of sp³-hybridized carbons (Fsp3) is 0.571. The number of likely N-dealkylation sites (N-methyl/N-ethyl adjacent to an activating group) is 1. The van der Waals surface area contributed by atoms with E-state index in [0.717, 1.165) is 0 Å². The second-order valence-corrected chi connectivity index (χ2v) is 4.24. The number of carbonyl (C=O) groups is 2. The number of likely N-dealkylation sites (tertiary alicyclic amines) is 1. The molecule has 0 aromatic rings. The Kier molecular flexibility index (Phi) is 6.37. The number of carbonyl (C=O) groups excluding carboxylic acids is 1. The number of carboxylic acid groups (broad SMARTS) is 1. The Morgan fingerprint density at radius 1 is 1.44 bits per heavy atom. The van der Waals surface area contributed by atoms with E-state index >= 15 is 0 Å². The Morgan fingerprint density at radius 3 is 2.17 bits per heavy atom. The van der Waals surface area contributed by atoms with Gasteiger partial charge in [-0.1, -0.05) is 26.0 Å². The first-order chi connectivity index (χ1) is 8.48. The molecule has 0 spiro atoms. The van der Waals surface area contributed by atoms with Gasteiger partial charge >= 0.3 is 5.97 Å². The van der Waals surface area contributed by atoms with Crippen LogP contribution in [0.5, 0.6) is 0 Å². The largest absolute Gasteiger partial charge is 0.480 e. The van der Waals surface area contributed by atoms with Gasteiger partial charge in [0.15, 0.2) is 0 Å². The summed E-state index contributed by atoms with van der Waals surface area (Å²) in [7, 11) is 1.54. The van der Waals surface area contributed by atoms with Crippen molar-refractivity contribution in [1.82, 2.24) is 4.90 Å². The summed E-state index contributed by atoms with van der Waals surface area (Å²) in [5.74, 6) is -1.08. The van der Waals surface area contributed by atoms with Crippen LogP contribution >= 0.6 is 0 Å². The van der Waals surface area contributed by atoms with Crippen LogP contribution < -0.4 is 0 Å². The highest BCUT2D eigenvalue weighted by atomic mass is 16.4. The molecule has 4 heteroatoms. The molecule has 0 aromatic heterocycles. The molecule has 1 atom stereocenters. The van der Waals surface area contributed by atoms with E-state index in [9.17, 15) is 9.59 Å². The Hall–Kier alpha value is -1.58. The van der Waals surface area contributed by atoms with Gasteiger partial charge in [0, 0.05) is 7.05 Å². The standard InChI is InChI=1S/C12H17NO3.C2H6/c1-4-6-12(7-5-2)8-9(10(14)15)13(3)11(12)16;1-2/h4-5,9H,1-2,6-8H2,3H3,(H,14,15);1-2H3. The maximum absolute atomic E-state index is 12.1. The highest BCUT2D eigenvalue weighted by molar-refractivity contribution is 5.91. The molecule has 0 radical (unpaired) electrons. The molecule has 1 saturated heterocycles. The number of rotatable bonds is 5.